The fraction of sp³-hybridized carbons (Fsp3) is 0.421. The molecule has 10 heteroatoms. The van der Waals surface area contributed by atoms with Gasteiger partial charge in [0.1, 0.15) is 10.0 Å². The maximum atomic E-state index is 12.6. The molecule has 1 aliphatic rings. The maximum absolute atomic E-state index is 12.6. The van der Waals surface area contributed by atoms with Crippen LogP contribution in [0.5, 0.6) is 0 Å². The van der Waals surface area contributed by atoms with Crippen LogP contribution in [0.3, 0.4) is 0 Å². The Morgan fingerprint density at radius 3 is 2.69 bits per heavy atom. The van der Waals surface area contributed by atoms with Gasteiger partial charge in [0.25, 0.3) is 6.43 Å². The van der Waals surface area contributed by atoms with E-state index in [-0.39, 0.29) is 18.4 Å². The third-order valence-electron chi connectivity index (χ3n) is 4.96. The van der Waals surface area contributed by atoms with E-state index in [1.165, 1.54) is 11.3 Å². The lowest BCUT2D eigenvalue weighted by Crippen LogP contribution is -2.40. The number of carbonyl (C=O) groups is 1. The Morgan fingerprint density at radius 2 is 2.00 bits per heavy atom. The monoisotopic (exact) mass is 418 g/mol. The van der Waals surface area contributed by atoms with Crippen LogP contribution in [0.4, 0.5) is 14.6 Å². The predicted molar refractivity (Wildman–Crippen MR) is 107 cm³/mol. The molecule has 1 fully saturated rings. The van der Waals surface area contributed by atoms with Gasteiger partial charge in [-0.25, -0.2) is 8.78 Å². The van der Waals surface area contributed by atoms with Gasteiger partial charge in [-0.15, -0.1) is 20.4 Å². The van der Waals surface area contributed by atoms with E-state index in [1.54, 1.807) is 11.0 Å². The van der Waals surface area contributed by atoms with Crippen LogP contribution in [-0.2, 0) is 4.79 Å². The van der Waals surface area contributed by atoms with E-state index >= 15 is 0 Å². The summed E-state index contributed by atoms with van der Waals surface area (Å²) in [4.78, 5) is 14.3. The van der Waals surface area contributed by atoms with Crippen LogP contribution < -0.4 is 5.32 Å². The zero-order chi connectivity index (χ0) is 20.4. The van der Waals surface area contributed by atoms with Crippen molar-refractivity contribution >= 4 is 34.0 Å². The molecule has 4 rings (SSSR count). The van der Waals surface area contributed by atoms with Gasteiger partial charge in [-0.1, -0.05) is 11.3 Å². The van der Waals surface area contributed by atoms with Gasteiger partial charge in [0.05, 0.1) is 12.1 Å². The van der Waals surface area contributed by atoms with Crippen molar-refractivity contribution in [3.8, 4) is 10.6 Å². The van der Waals surface area contributed by atoms with Crippen LogP contribution in [-0.4, -0.2) is 57.3 Å². The number of likely N-dealkylation sites (tertiary alicyclic amines) is 1. The Labute approximate surface area is 170 Å². The van der Waals surface area contributed by atoms with Crippen molar-refractivity contribution in [2.24, 2.45) is 5.92 Å². The highest BCUT2D eigenvalue weighted by Crippen LogP contribution is 2.27. The Bertz CT molecular complexity index is 1020. The highest BCUT2D eigenvalue weighted by molar-refractivity contribution is 7.14. The third kappa shape index (κ3) is 4.70. The summed E-state index contributed by atoms with van der Waals surface area (Å²) >= 11 is 1.51. The minimum Gasteiger partial charge on any atom is -0.309 e. The number of amides is 1. The van der Waals surface area contributed by atoms with Gasteiger partial charge in [0.15, 0.2) is 5.82 Å². The van der Waals surface area contributed by atoms with E-state index in [9.17, 15) is 13.6 Å². The number of aryl methyl sites for hydroxylation is 1. The molecule has 0 radical (unpaired) electrons. The van der Waals surface area contributed by atoms with Gasteiger partial charge in [-0.05, 0) is 57.1 Å². The summed E-state index contributed by atoms with van der Waals surface area (Å²) in [6.45, 7) is 2.66. The number of halogens is 2. The number of hydrogen-bond acceptors (Lipinski definition) is 7. The molecule has 1 aliphatic heterocycles. The minimum absolute atomic E-state index is 0.147. The number of aromatic nitrogens is 4. The van der Waals surface area contributed by atoms with Crippen molar-refractivity contribution in [2.75, 3.05) is 25.0 Å². The van der Waals surface area contributed by atoms with Crippen LogP contribution in [0.2, 0.25) is 0 Å². The fourth-order valence-electron chi connectivity index (χ4n) is 3.45. The number of carbonyl (C=O) groups excluding carboxylic acids is 1. The number of nitrogens with zero attached hydrogens (tertiary/aromatic N) is 5. The van der Waals surface area contributed by atoms with Crippen molar-refractivity contribution in [1.29, 1.82) is 0 Å². The Morgan fingerprint density at radius 1 is 1.21 bits per heavy atom. The second-order valence-corrected chi connectivity index (χ2v) is 8.27. The largest absolute Gasteiger partial charge is 0.309 e. The van der Waals surface area contributed by atoms with Gasteiger partial charge in [-0.3, -0.25) is 9.69 Å². The lowest BCUT2D eigenvalue weighted by molar-refractivity contribution is -0.121. The van der Waals surface area contributed by atoms with Crippen LogP contribution in [0.1, 0.15) is 17.8 Å². The van der Waals surface area contributed by atoms with Gasteiger partial charge < -0.3 is 5.32 Å². The summed E-state index contributed by atoms with van der Waals surface area (Å²) < 4.78 is 25.0. The van der Waals surface area contributed by atoms with Gasteiger partial charge in [0, 0.05) is 16.9 Å². The Kier molecular flexibility index (Phi) is 5.72. The molecular weight excluding hydrogens is 398 g/mol. The molecular formula is C19H20F2N6OS. The Hall–Kier alpha value is -2.59. The van der Waals surface area contributed by atoms with Gasteiger partial charge in [-0.2, -0.15) is 0 Å². The van der Waals surface area contributed by atoms with Crippen LogP contribution in [0.15, 0.2) is 24.3 Å². The molecule has 0 aliphatic carbocycles. The zero-order valence-electron chi connectivity index (χ0n) is 15.8. The molecule has 1 amide bonds. The molecule has 1 aromatic carbocycles. The highest BCUT2D eigenvalue weighted by atomic mass is 32.1. The molecule has 1 saturated heterocycles. The summed E-state index contributed by atoms with van der Waals surface area (Å²) in [5.41, 5.74) is 1.65. The SMILES string of the molecule is Cc1nnc(-c2ccc3nnc(NC(=O)C4CCN(CC(F)F)CC4)cc3c2)s1. The van der Waals surface area contributed by atoms with E-state index in [1.807, 2.05) is 25.1 Å². The molecule has 0 unspecified atom stereocenters. The van der Waals surface area contributed by atoms with Crippen molar-refractivity contribution < 1.29 is 13.6 Å². The van der Waals surface area contributed by atoms with E-state index < -0.39 is 6.43 Å². The predicted octanol–water partition coefficient (Wildman–Crippen LogP) is 3.37. The number of rotatable bonds is 5. The number of anilines is 1. The number of nitrogens with one attached hydrogen (secondary N) is 1. The number of alkyl halides is 2. The first-order valence-corrected chi connectivity index (χ1v) is 10.2. The van der Waals surface area contributed by atoms with Crippen molar-refractivity contribution in [3.05, 3.63) is 29.3 Å². The molecule has 3 aromatic rings. The average Bonchev–Trinajstić information content (AvgIpc) is 3.14. The molecule has 0 bridgehead atoms. The summed E-state index contributed by atoms with van der Waals surface area (Å²) in [5, 5.41) is 21.8. The zero-order valence-corrected chi connectivity index (χ0v) is 16.6. The minimum atomic E-state index is -2.35. The molecule has 0 saturated carbocycles. The number of hydrogen-bond donors (Lipinski definition) is 1. The van der Waals surface area contributed by atoms with Crippen LogP contribution >= 0.6 is 11.3 Å². The molecule has 1 N–H and O–H groups in total. The molecule has 2 aromatic heterocycles. The molecule has 7 nitrogen and oxygen atoms in total. The molecule has 152 valence electrons. The summed E-state index contributed by atoms with van der Waals surface area (Å²) in [7, 11) is 0. The number of fused-ring (bicyclic) bond motifs is 1. The summed E-state index contributed by atoms with van der Waals surface area (Å²) in [6, 6.07) is 7.51. The lowest BCUT2D eigenvalue weighted by Gasteiger charge is -2.30. The normalized spacial score (nSPS) is 15.9. The standard InChI is InChI=1S/C19H20F2N6OS/c1-11-23-26-19(29-11)13-2-3-15-14(8-13)9-17(25-24-15)22-18(28)12-4-6-27(7-5-12)10-16(20)21/h2-3,8-9,12,16H,4-7,10H2,1H3,(H,22,25,28). The average molecular weight is 418 g/mol. The second-order valence-electron chi connectivity index (χ2n) is 7.08. The molecule has 3 heterocycles. The highest BCUT2D eigenvalue weighted by Gasteiger charge is 2.26. The molecule has 0 atom stereocenters. The Balaban J connectivity index is 1.44. The van der Waals surface area contributed by atoms with Crippen molar-refractivity contribution in [3.63, 3.8) is 0 Å². The van der Waals surface area contributed by atoms with Gasteiger partial charge in [0.2, 0.25) is 5.91 Å². The lowest BCUT2D eigenvalue weighted by atomic mass is 9.96. The van der Waals surface area contributed by atoms with E-state index in [4.69, 9.17) is 0 Å². The topological polar surface area (TPSA) is 83.9 Å². The molecule has 0 spiro atoms. The van der Waals surface area contributed by atoms with E-state index in [0.29, 0.717) is 37.3 Å². The van der Waals surface area contributed by atoms with Crippen LogP contribution in [0.25, 0.3) is 21.5 Å². The molecule has 29 heavy (non-hydrogen) atoms. The smallest absolute Gasteiger partial charge is 0.251 e. The van der Waals surface area contributed by atoms with Crippen molar-refractivity contribution in [1.82, 2.24) is 25.3 Å². The maximum Gasteiger partial charge on any atom is 0.251 e. The fourth-order valence-corrected chi connectivity index (χ4v) is 4.14. The van der Waals surface area contributed by atoms with Crippen LogP contribution in [0, 0.1) is 12.8 Å². The number of benzene rings is 1. The first-order chi connectivity index (χ1) is 14.0. The second kappa shape index (κ2) is 8.42. The summed E-state index contributed by atoms with van der Waals surface area (Å²) in [6.07, 6.45) is -1.23. The van der Waals surface area contributed by atoms with Crippen molar-refractivity contribution in [2.45, 2.75) is 26.2 Å². The summed E-state index contributed by atoms with van der Waals surface area (Å²) in [5.74, 6) is 0.0199. The first-order valence-electron chi connectivity index (χ1n) is 9.37. The van der Waals surface area contributed by atoms with E-state index in [2.05, 4.69) is 25.7 Å². The van der Waals surface area contributed by atoms with E-state index in [0.717, 1.165) is 21.0 Å². The quantitative estimate of drug-likeness (QED) is 0.684. The van der Waals surface area contributed by atoms with Gasteiger partial charge >= 0.3 is 0 Å². The first kappa shape index (κ1) is 19.7. The third-order valence-corrected chi connectivity index (χ3v) is 5.85. The number of piperidine rings is 1.